The fourth-order valence-electron chi connectivity index (χ4n) is 6.59. The van der Waals surface area contributed by atoms with E-state index in [-0.39, 0.29) is 11.2 Å². The Balaban J connectivity index is 0.000000124. The zero-order valence-electron chi connectivity index (χ0n) is 21.0. The SMILES string of the molecule is C1C[C@@H]2C[C@@H]2C1.CC(C)n1ccc(C2CCC3(CC2)OCCO3)n1.O=S1(=O)CC2(CCNC2)C1. The smallest absolute Gasteiger partial charge is 0.168 e. The summed E-state index contributed by atoms with van der Waals surface area (Å²) in [6.45, 7) is 7.74. The number of nitrogens with one attached hydrogen (secondary N) is 1. The van der Waals surface area contributed by atoms with Crippen LogP contribution in [0, 0.1) is 17.3 Å². The predicted octanol–water partition coefficient (Wildman–Crippen LogP) is 4.07. The van der Waals surface area contributed by atoms with Gasteiger partial charge in [-0.05, 0) is 64.0 Å². The minimum atomic E-state index is -2.61. The van der Waals surface area contributed by atoms with Gasteiger partial charge in [-0.25, -0.2) is 8.42 Å². The van der Waals surface area contributed by atoms with Gasteiger partial charge in [-0.2, -0.15) is 5.10 Å². The van der Waals surface area contributed by atoms with Crippen LogP contribution in [0.1, 0.15) is 89.3 Å². The van der Waals surface area contributed by atoms with Gasteiger partial charge in [0, 0.05) is 43.0 Å². The third-order valence-corrected chi connectivity index (χ3v) is 10.8. The van der Waals surface area contributed by atoms with Gasteiger partial charge in [-0.1, -0.05) is 19.3 Å². The number of hydrogen-bond donors (Lipinski definition) is 1. The van der Waals surface area contributed by atoms with Gasteiger partial charge >= 0.3 is 0 Å². The van der Waals surface area contributed by atoms with Crippen molar-refractivity contribution in [3.05, 3.63) is 18.0 Å². The summed E-state index contributed by atoms with van der Waals surface area (Å²) in [4.78, 5) is 0. The largest absolute Gasteiger partial charge is 0.348 e. The molecule has 3 saturated heterocycles. The molecule has 3 aliphatic heterocycles. The summed E-state index contributed by atoms with van der Waals surface area (Å²) in [6.07, 6.45) is 13.6. The molecular weight excluding hydrogens is 450 g/mol. The molecule has 1 aromatic heterocycles. The molecule has 192 valence electrons. The van der Waals surface area contributed by atoms with Gasteiger partial charge in [0.2, 0.25) is 0 Å². The van der Waals surface area contributed by atoms with Crippen LogP contribution >= 0.6 is 0 Å². The van der Waals surface area contributed by atoms with Gasteiger partial charge in [-0.15, -0.1) is 0 Å². The van der Waals surface area contributed by atoms with Crippen LogP contribution in [0.4, 0.5) is 0 Å². The molecule has 0 amide bonds. The molecular formula is C26H43N3O4S. The Morgan fingerprint density at radius 2 is 1.74 bits per heavy atom. The molecule has 7 rings (SSSR count). The Morgan fingerprint density at radius 1 is 1.06 bits per heavy atom. The molecule has 1 N–H and O–H groups in total. The van der Waals surface area contributed by atoms with Crippen LogP contribution in [-0.4, -0.2) is 61.8 Å². The quantitative estimate of drug-likeness (QED) is 0.669. The Kier molecular flexibility index (Phi) is 7.15. The lowest BCUT2D eigenvalue weighted by molar-refractivity contribution is -0.178. The van der Waals surface area contributed by atoms with Crippen molar-refractivity contribution in [3.63, 3.8) is 0 Å². The molecule has 0 aromatic carbocycles. The molecule has 3 aliphatic carbocycles. The predicted molar refractivity (Wildman–Crippen MR) is 132 cm³/mol. The monoisotopic (exact) mass is 493 g/mol. The molecule has 34 heavy (non-hydrogen) atoms. The van der Waals surface area contributed by atoms with Crippen molar-refractivity contribution in [1.29, 1.82) is 0 Å². The zero-order chi connectivity index (χ0) is 23.8. The van der Waals surface area contributed by atoms with E-state index in [2.05, 4.69) is 36.5 Å². The molecule has 6 aliphatic rings. The maximum atomic E-state index is 10.8. The molecule has 4 heterocycles. The van der Waals surface area contributed by atoms with E-state index in [9.17, 15) is 8.42 Å². The number of sulfone groups is 1. The molecule has 0 bridgehead atoms. The van der Waals surface area contributed by atoms with Crippen molar-refractivity contribution in [2.45, 2.75) is 89.4 Å². The highest BCUT2D eigenvalue weighted by molar-refractivity contribution is 7.92. The highest BCUT2D eigenvalue weighted by atomic mass is 32.2. The summed E-state index contributed by atoms with van der Waals surface area (Å²) >= 11 is 0. The molecule has 8 heteroatoms. The van der Waals surface area contributed by atoms with Crippen molar-refractivity contribution >= 4 is 9.84 Å². The van der Waals surface area contributed by atoms with E-state index in [0.29, 0.717) is 23.5 Å². The molecule has 1 aromatic rings. The molecule has 2 spiro atoms. The minimum Gasteiger partial charge on any atom is -0.348 e. The first kappa shape index (κ1) is 24.7. The minimum absolute atomic E-state index is 0.152. The fourth-order valence-corrected chi connectivity index (χ4v) is 8.86. The number of ether oxygens (including phenoxy) is 2. The Bertz CT molecular complexity index is 900. The highest BCUT2D eigenvalue weighted by Gasteiger charge is 2.49. The lowest BCUT2D eigenvalue weighted by Gasteiger charge is -2.36. The first-order valence-electron chi connectivity index (χ1n) is 13.5. The van der Waals surface area contributed by atoms with E-state index < -0.39 is 9.84 Å². The van der Waals surface area contributed by atoms with Crippen LogP contribution in [0.15, 0.2) is 12.3 Å². The van der Waals surface area contributed by atoms with E-state index in [4.69, 9.17) is 9.47 Å². The van der Waals surface area contributed by atoms with Gasteiger partial charge in [0.05, 0.1) is 30.4 Å². The lowest BCUT2D eigenvalue weighted by Crippen LogP contribution is -2.49. The first-order valence-corrected chi connectivity index (χ1v) is 15.3. The summed E-state index contributed by atoms with van der Waals surface area (Å²) in [7, 11) is -2.61. The third kappa shape index (κ3) is 5.71. The van der Waals surface area contributed by atoms with Gasteiger partial charge in [0.25, 0.3) is 0 Å². The Hall–Kier alpha value is -0.960. The number of hydrogen-bond acceptors (Lipinski definition) is 6. The van der Waals surface area contributed by atoms with E-state index in [1.165, 1.54) is 24.0 Å². The summed E-state index contributed by atoms with van der Waals surface area (Å²) < 4.78 is 35.2. The second kappa shape index (κ2) is 9.83. The topological polar surface area (TPSA) is 82.5 Å². The fraction of sp³-hybridized carbons (Fsp3) is 0.885. The van der Waals surface area contributed by atoms with E-state index in [1.807, 2.05) is 4.68 Å². The molecule has 3 saturated carbocycles. The maximum Gasteiger partial charge on any atom is 0.168 e. The first-order chi connectivity index (χ1) is 16.3. The number of aromatic nitrogens is 2. The van der Waals surface area contributed by atoms with Crippen LogP contribution in [0.5, 0.6) is 0 Å². The van der Waals surface area contributed by atoms with Gasteiger partial charge in [0.1, 0.15) is 0 Å². The van der Waals surface area contributed by atoms with Crippen molar-refractivity contribution in [2.24, 2.45) is 17.3 Å². The maximum absolute atomic E-state index is 10.8. The average molecular weight is 494 g/mol. The van der Waals surface area contributed by atoms with E-state index in [0.717, 1.165) is 58.4 Å². The lowest BCUT2D eigenvalue weighted by atomic mass is 9.83. The second-order valence-corrected chi connectivity index (χ2v) is 13.9. The second-order valence-electron chi connectivity index (χ2n) is 11.8. The Labute approximate surface area is 205 Å². The van der Waals surface area contributed by atoms with Crippen LogP contribution in [0.3, 0.4) is 0 Å². The van der Waals surface area contributed by atoms with Crippen molar-refractivity contribution in [3.8, 4) is 0 Å². The van der Waals surface area contributed by atoms with Crippen LogP contribution < -0.4 is 5.32 Å². The van der Waals surface area contributed by atoms with Crippen LogP contribution in [0.25, 0.3) is 0 Å². The standard InChI is InChI=1S/C14H22N2O2.C6H11NO2S.C6H10/c1-11(2)16-8-5-13(15-16)12-3-6-14(7-4-12)17-9-10-18-14;8-10(9)4-6(5-10)1-2-7-3-6;1-2-5-4-6(5)3-1/h5,8,11-12H,3-4,6-7,9-10H2,1-2H3;7H,1-5H2;5-6H,1-4H2/t;;5-,6+. The van der Waals surface area contributed by atoms with Crippen molar-refractivity contribution in [2.75, 3.05) is 37.8 Å². The van der Waals surface area contributed by atoms with Crippen LogP contribution in [0.2, 0.25) is 0 Å². The summed E-state index contributed by atoms with van der Waals surface area (Å²) in [6, 6.07) is 2.61. The highest BCUT2D eigenvalue weighted by Crippen LogP contribution is 2.51. The summed E-state index contributed by atoms with van der Waals surface area (Å²) in [5, 5.41) is 7.87. The number of rotatable bonds is 2. The van der Waals surface area contributed by atoms with E-state index in [1.54, 1.807) is 19.3 Å². The molecule has 6 fully saturated rings. The summed E-state index contributed by atoms with van der Waals surface area (Å²) in [5.74, 6) is 3.59. The molecule has 0 unspecified atom stereocenters. The Morgan fingerprint density at radius 3 is 2.18 bits per heavy atom. The van der Waals surface area contributed by atoms with Gasteiger partial charge < -0.3 is 14.8 Å². The number of nitrogens with zero attached hydrogens (tertiary/aromatic N) is 2. The van der Waals surface area contributed by atoms with Gasteiger partial charge in [-0.3, -0.25) is 4.68 Å². The normalized spacial score (nSPS) is 32.0. The summed E-state index contributed by atoms with van der Waals surface area (Å²) in [5.41, 5.74) is 1.38. The average Bonchev–Trinajstić information content (AvgIpc) is 3.36. The molecule has 0 radical (unpaired) electrons. The zero-order valence-corrected chi connectivity index (χ0v) is 21.8. The van der Waals surface area contributed by atoms with Gasteiger partial charge in [0.15, 0.2) is 15.6 Å². The van der Waals surface area contributed by atoms with Crippen molar-refractivity contribution in [1.82, 2.24) is 15.1 Å². The van der Waals surface area contributed by atoms with E-state index >= 15 is 0 Å². The third-order valence-electron chi connectivity index (χ3n) is 8.74. The van der Waals surface area contributed by atoms with Crippen molar-refractivity contribution < 1.29 is 17.9 Å². The molecule has 7 nitrogen and oxygen atoms in total. The number of fused-ring (bicyclic) bond motifs is 1. The van der Waals surface area contributed by atoms with Crippen LogP contribution in [-0.2, 0) is 19.3 Å². The molecule has 2 atom stereocenters.